The number of thiazole rings is 1. The van der Waals surface area contributed by atoms with Crippen molar-refractivity contribution in [3.63, 3.8) is 0 Å². The first-order chi connectivity index (χ1) is 14.1. The predicted molar refractivity (Wildman–Crippen MR) is 118 cm³/mol. The molecule has 0 aliphatic rings. The lowest BCUT2D eigenvalue weighted by molar-refractivity contribution is 0.231. The fourth-order valence-electron chi connectivity index (χ4n) is 3.16. The van der Waals surface area contributed by atoms with Crippen LogP contribution in [-0.2, 0) is 6.54 Å². The van der Waals surface area contributed by atoms with Gasteiger partial charge in [-0.15, -0.1) is 11.3 Å². The summed E-state index contributed by atoms with van der Waals surface area (Å²) >= 11 is 1.49. The molecule has 0 bridgehead atoms. The summed E-state index contributed by atoms with van der Waals surface area (Å²) in [6.07, 6.45) is 0. The minimum Gasteiger partial charge on any atom is -0.492 e. The number of benzene rings is 2. The van der Waals surface area contributed by atoms with Crippen LogP contribution in [0.5, 0.6) is 5.75 Å². The number of hydrogen-bond acceptors (Lipinski definition) is 5. The summed E-state index contributed by atoms with van der Waals surface area (Å²) in [4.78, 5) is 20.3. The van der Waals surface area contributed by atoms with Crippen LogP contribution in [0.3, 0.4) is 0 Å². The monoisotopic (exact) mass is 405 g/mol. The highest BCUT2D eigenvalue weighted by molar-refractivity contribution is 7.15. The zero-order valence-electron chi connectivity index (χ0n) is 16.5. The highest BCUT2D eigenvalue weighted by atomic mass is 32.1. The summed E-state index contributed by atoms with van der Waals surface area (Å²) in [5, 5.41) is 1.99. The maximum absolute atomic E-state index is 12.7. The molecule has 0 unspecified atom stereocenters. The molecule has 2 aromatic heterocycles. The predicted octanol–water partition coefficient (Wildman–Crippen LogP) is 4.24. The Morgan fingerprint density at radius 3 is 2.62 bits per heavy atom. The summed E-state index contributed by atoms with van der Waals surface area (Å²) in [7, 11) is 2.01. The third-order valence-electron chi connectivity index (χ3n) is 4.72. The van der Waals surface area contributed by atoms with Gasteiger partial charge in [-0.2, -0.15) is 0 Å². The van der Waals surface area contributed by atoms with Gasteiger partial charge in [0.05, 0.1) is 11.4 Å². The Morgan fingerprint density at radius 2 is 1.86 bits per heavy atom. The van der Waals surface area contributed by atoms with E-state index in [2.05, 4.69) is 11.8 Å². The SMILES string of the molecule is Cc1ccc(OCCN(C)Cc2cc(=O)n3c(-c4ccccc4)csc3n2)cc1. The van der Waals surface area contributed by atoms with Crippen LogP contribution >= 0.6 is 11.3 Å². The van der Waals surface area contributed by atoms with E-state index >= 15 is 0 Å². The number of aryl methyl sites for hydroxylation is 1. The average Bonchev–Trinajstić information content (AvgIpc) is 3.15. The van der Waals surface area contributed by atoms with Crippen LogP contribution in [0.4, 0.5) is 0 Å². The van der Waals surface area contributed by atoms with E-state index in [9.17, 15) is 4.79 Å². The minimum absolute atomic E-state index is 0.0468. The van der Waals surface area contributed by atoms with Gasteiger partial charge in [-0.3, -0.25) is 14.1 Å². The summed E-state index contributed by atoms with van der Waals surface area (Å²) < 4.78 is 7.47. The molecule has 0 amide bonds. The Morgan fingerprint density at radius 1 is 1.10 bits per heavy atom. The van der Waals surface area contributed by atoms with Crippen LogP contribution < -0.4 is 10.3 Å². The molecule has 5 nitrogen and oxygen atoms in total. The molecule has 148 valence electrons. The molecule has 0 atom stereocenters. The van der Waals surface area contributed by atoms with Gasteiger partial charge in [0.2, 0.25) is 0 Å². The topological polar surface area (TPSA) is 46.8 Å². The van der Waals surface area contributed by atoms with Gasteiger partial charge in [-0.25, -0.2) is 4.98 Å². The van der Waals surface area contributed by atoms with Gasteiger partial charge in [-0.05, 0) is 31.7 Å². The molecular weight excluding hydrogens is 382 g/mol. The number of ether oxygens (including phenoxy) is 1. The molecule has 2 aromatic carbocycles. The number of aromatic nitrogens is 2. The summed E-state index contributed by atoms with van der Waals surface area (Å²) in [5.74, 6) is 0.869. The van der Waals surface area contributed by atoms with Gasteiger partial charge in [0.25, 0.3) is 5.56 Å². The Kier molecular flexibility index (Phi) is 5.74. The fraction of sp³-hybridized carbons (Fsp3) is 0.217. The van der Waals surface area contributed by atoms with Crippen LogP contribution in [0.1, 0.15) is 11.3 Å². The van der Waals surface area contributed by atoms with Crippen LogP contribution in [0, 0.1) is 6.92 Å². The van der Waals surface area contributed by atoms with Crippen molar-refractivity contribution >= 4 is 16.3 Å². The van der Waals surface area contributed by atoms with Gasteiger partial charge in [0, 0.05) is 24.5 Å². The first-order valence-corrected chi connectivity index (χ1v) is 10.4. The zero-order chi connectivity index (χ0) is 20.2. The number of fused-ring (bicyclic) bond motifs is 1. The van der Waals surface area contributed by atoms with Crippen LogP contribution in [0.15, 0.2) is 70.8 Å². The highest BCUT2D eigenvalue weighted by Crippen LogP contribution is 2.23. The molecule has 0 radical (unpaired) electrons. The average molecular weight is 406 g/mol. The maximum Gasteiger partial charge on any atom is 0.259 e. The van der Waals surface area contributed by atoms with Gasteiger partial charge in [-0.1, -0.05) is 48.0 Å². The second-order valence-corrected chi connectivity index (χ2v) is 7.93. The number of hydrogen-bond donors (Lipinski definition) is 0. The molecular formula is C23H23N3O2S. The lowest BCUT2D eigenvalue weighted by atomic mass is 10.2. The third-order valence-corrected chi connectivity index (χ3v) is 5.55. The zero-order valence-corrected chi connectivity index (χ0v) is 17.4. The van der Waals surface area contributed by atoms with Crippen molar-refractivity contribution in [3.8, 4) is 17.0 Å². The molecule has 4 rings (SSSR count). The highest BCUT2D eigenvalue weighted by Gasteiger charge is 2.11. The fourth-order valence-corrected chi connectivity index (χ4v) is 4.09. The number of likely N-dealkylation sites (N-methyl/N-ethyl adjacent to an activating group) is 1. The van der Waals surface area contributed by atoms with E-state index in [0.717, 1.165) is 34.2 Å². The lowest BCUT2D eigenvalue weighted by Crippen LogP contribution is -2.25. The van der Waals surface area contributed by atoms with Crippen molar-refractivity contribution in [2.24, 2.45) is 0 Å². The van der Waals surface area contributed by atoms with Crippen LogP contribution in [0.2, 0.25) is 0 Å². The standard InChI is InChI=1S/C23H23N3O2S/c1-17-8-10-20(11-9-17)28-13-12-25(2)15-19-14-22(27)26-21(16-29-23(26)24-19)18-6-4-3-5-7-18/h3-11,14,16H,12-13,15H2,1-2H3. The van der Waals surface area contributed by atoms with Crippen molar-refractivity contribution in [2.45, 2.75) is 13.5 Å². The first kappa shape index (κ1) is 19.4. The molecule has 0 saturated carbocycles. The summed E-state index contributed by atoms with van der Waals surface area (Å²) in [6.45, 7) is 3.98. The quantitative estimate of drug-likeness (QED) is 0.461. The lowest BCUT2D eigenvalue weighted by Gasteiger charge is -2.16. The Balaban J connectivity index is 1.43. The van der Waals surface area contributed by atoms with Gasteiger partial charge in [0.1, 0.15) is 12.4 Å². The molecule has 0 aliphatic heterocycles. The molecule has 0 spiro atoms. The smallest absolute Gasteiger partial charge is 0.259 e. The van der Waals surface area contributed by atoms with Crippen molar-refractivity contribution < 1.29 is 4.74 Å². The van der Waals surface area contributed by atoms with Crippen molar-refractivity contribution in [3.05, 3.63) is 87.7 Å². The Bertz CT molecular complexity index is 1150. The molecule has 0 saturated heterocycles. The van der Waals surface area contributed by atoms with Gasteiger partial charge >= 0.3 is 0 Å². The number of rotatable bonds is 7. The number of nitrogens with zero attached hydrogens (tertiary/aromatic N) is 3. The second-order valence-electron chi connectivity index (χ2n) is 7.09. The molecule has 0 N–H and O–H groups in total. The van der Waals surface area contributed by atoms with Crippen LogP contribution in [-0.4, -0.2) is 34.5 Å². The molecule has 2 heterocycles. The van der Waals surface area contributed by atoms with Crippen molar-refractivity contribution in [1.29, 1.82) is 0 Å². The largest absolute Gasteiger partial charge is 0.492 e. The van der Waals surface area contributed by atoms with Crippen molar-refractivity contribution in [2.75, 3.05) is 20.2 Å². The molecule has 6 heteroatoms. The first-order valence-electron chi connectivity index (χ1n) is 9.54. The Labute approximate surface area is 173 Å². The third kappa shape index (κ3) is 4.55. The molecule has 4 aromatic rings. The van der Waals surface area contributed by atoms with Gasteiger partial charge in [0.15, 0.2) is 4.96 Å². The second kappa shape index (κ2) is 8.59. The van der Waals surface area contributed by atoms with E-state index in [1.54, 1.807) is 10.5 Å². The van der Waals surface area contributed by atoms with Crippen LogP contribution in [0.25, 0.3) is 16.2 Å². The van der Waals surface area contributed by atoms with E-state index in [4.69, 9.17) is 9.72 Å². The molecule has 0 fully saturated rings. The summed E-state index contributed by atoms with van der Waals surface area (Å²) in [5.41, 5.74) is 3.84. The summed E-state index contributed by atoms with van der Waals surface area (Å²) in [6, 6.07) is 19.6. The normalized spacial score (nSPS) is 11.3. The van der Waals surface area contributed by atoms with Crippen molar-refractivity contribution in [1.82, 2.24) is 14.3 Å². The van der Waals surface area contributed by atoms with E-state index in [-0.39, 0.29) is 5.56 Å². The Hall–Kier alpha value is -2.96. The van der Waals surface area contributed by atoms with E-state index < -0.39 is 0 Å². The molecule has 29 heavy (non-hydrogen) atoms. The molecule has 0 aliphatic carbocycles. The van der Waals surface area contributed by atoms with Gasteiger partial charge < -0.3 is 4.74 Å². The van der Waals surface area contributed by atoms with E-state index in [1.165, 1.54) is 16.9 Å². The van der Waals surface area contributed by atoms with E-state index in [1.807, 2.05) is 67.0 Å². The maximum atomic E-state index is 12.7. The minimum atomic E-state index is -0.0468. The van der Waals surface area contributed by atoms with E-state index in [0.29, 0.717) is 13.2 Å².